The summed E-state index contributed by atoms with van der Waals surface area (Å²) in [6.45, 7) is 0. The molecule has 1 aromatic carbocycles. The summed E-state index contributed by atoms with van der Waals surface area (Å²) in [4.78, 5) is 26.1. The predicted octanol–water partition coefficient (Wildman–Crippen LogP) is 2.31. The molecule has 2 aromatic rings. The molecule has 5 nitrogen and oxygen atoms in total. The molecule has 0 aliphatic heterocycles. The van der Waals surface area contributed by atoms with Gasteiger partial charge in [0, 0.05) is 6.20 Å². The van der Waals surface area contributed by atoms with Crippen molar-refractivity contribution in [3.05, 3.63) is 59.4 Å². The van der Waals surface area contributed by atoms with Gasteiger partial charge < -0.3 is 10.4 Å². The summed E-state index contributed by atoms with van der Waals surface area (Å²) in [6, 6.07) is 5.32. The summed E-state index contributed by atoms with van der Waals surface area (Å²) in [5, 5.41) is 11.1. The quantitative estimate of drug-likeness (QED) is 0.844. The average Bonchev–Trinajstić information content (AvgIpc) is 2.38. The van der Waals surface area contributed by atoms with E-state index >= 15 is 0 Å². The summed E-state index contributed by atoms with van der Waals surface area (Å²) < 4.78 is 26.4. The second-order valence-corrected chi connectivity index (χ2v) is 3.79. The Labute approximate surface area is 111 Å². The number of nitrogens with zero attached hydrogens (tertiary/aromatic N) is 1. The molecule has 0 bridgehead atoms. The van der Waals surface area contributed by atoms with Crippen molar-refractivity contribution in [2.45, 2.75) is 0 Å². The summed E-state index contributed by atoms with van der Waals surface area (Å²) >= 11 is 0. The molecule has 1 aromatic heterocycles. The van der Waals surface area contributed by atoms with Crippen LogP contribution in [0.25, 0.3) is 0 Å². The maximum absolute atomic E-state index is 13.3. The topological polar surface area (TPSA) is 79.3 Å². The fraction of sp³-hybridized carbons (Fsp3) is 0. The lowest BCUT2D eigenvalue weighted by Gasteiger charge is -2.08. The largest absolute Gasteiger partial charge is 0.478 e. The van der Waals surface area contributed by atoms with Crippen molar-refractivity contribution in [2.24, 2.45) is 0 Å². The monoisotopic (exact) mass is 278 g/mol. The van der Waals surface area contributed by atoms with Crippen molar-refractivity contribution in [2.75, 3.05) is 5.32 Å². The van der Waals surface area contributed by atoms with E-state index in [-0.39, 0.29) is 16.8 Å². The SMILES string of the molecule is O=C(O)c1ccc(F)cc1NC(=O)c1cccnc1F. The molecular formula is C13H8F2N2O3. The number of hydrogen-bond donors (Lipinski definition) is 2. The Kier molecular flexibility index (Phi) is 3.69. The molecule has 1 heterocycles. The van der Waals surface area contributed by atoms with Crippen molar-refractivity contribution in [1.82, 2.24) is 4.98 Å². The third kappa shape index (κ3) is 2.77. The number of benzene rings is 1. The molecule has 2 N–H and O–H groups in total. The first-order valence-electron chi connectivity index (χ1n) is 5.44. The van der Waals surface area contributed by atoms with Crippen molar-refractivity contribution in [3.8, 4) is 0 Å². The Morgan fingerprint density at radius 2 is 1.90 bits per heavy atom. The minimum absolute atomic E-state index is 0.259. The van der Waals surface area contributed by atoms with Crippen LogP contribution in [0.5, 0.6) is 0 Å². The van der Waals surface area contributed by atoms with E-state index < -0.39 is 23.6 Å². The molecule has 20 heavy (non-hydrogen) atoms. The molecule has 0 atom stereocenters. The third-order valence-electron chi connectivity index (χ3n) is 2.46. The van der Waals surface area contributed by atoms with Crippen LogP contribution in [0.1, 0.15) is 20.7 Å². The van der Waals surface area contributed by atoms with E-state index in [0.29, 0.717) is 0 Å². The van der Waals surface area contributed by atoms with Gasteiger partial charge in [0.1, 0.15) is 5.82 Å². The number of nitrogens with one attached hydrogen (secondary N) is 1. The second-order valence-electron chi connectivity index (χ2n) is 3.79. The zero-order valence-electron chi connectivity index (χ0n) is 9.93. The minimum atomic E-state index is -1.34. The highest BCUT2D eigenvalue weighted by Gasteiger charge is 2.17. The number of aromatic carboxylic acids is 1. The normalized spacial score (nSPS) is 10.1. The molecule has 0 fully saturated rings. The summed E-state index contributed by atoms with van der Waals surface area (Å²) in [7, 11) is 0. The smallest absolute Gasteiger partial charge is 0.337 e. The van der Waals surface area contributed by atoms with Crippen LogP contribution in [0, 0.1) is 11.8 Å². The van der Waals surface area contributed by atoms with Gasteiger partial charge in [-0.3, -0.25) is 4.79 Å². The van der Waals surface area contributed by atoms with E-state index in [1.54, 1.807) is 0 Å². The molecule has 0 aliphatic rings. The van der Waals surface area contributed by atoms with Crippen LogP contribution in [0.15, 0.2) is 36.5 Å². The van der Waals surface area contributed by atoms with Crippen LogP contribution < -0.4 is 5.32 Å². The first-order valence-corrected chi connectivity index (χ1v) is 5.44. The molecular weight excluding hydrogens is 270 g/mol. The number of anilines is 1. The Hall–Kier alpha value is -2.83. The lowest BCUT2D eigenvalue weighted by molar-refractivity contribution is 0.0698. The fourth-order valence-corrected chi connectivity index (χ4v) is 1.55. The number of halogens is 2. The van der Waals surface area contributed by atoms with E-state index in [1.807, 2.05) is 0 Å². The number of amides is 1. The summed E-state index contributed by atoms with van der Waals surface area (Å²) in [5.74, 6) is -3.98. The molecule has 102 valence electrons. The third-order valence-corrected chi connectivity index (χ3v) is 2.46. The van der Waals surface area contributed by atoms with Gasteiger partial charge in [-0.05, 0) is 30.3 Å². The van der Waals surface area contributed by atoms with Gasteiger partial charge in [-0.1, -0.05) is 0 Å². The van der Waals surface area contributed by atoms with Gasteiger partial charge in [0.05, 0.1) is 16.8 Å². The van der Waals surface area contributed by atoms with Crippen LogP contribution in [-0.2, 0) is 0 Å². The van der Waals surface area contributed by atoms with Crippen LogP contribution >= 0.6 is 0 Å². The van der Waals surface area contributed by atoms with E-state index in [9.17, 15) is 18.4 Å². The summed E-state index contributed by atoms with van der Waals surface area (Å²) in [5.41, 5.74) is -0.928. The zero-order valence-corrected chi connectivity index (χ0v) is 9.93. The Balaban J connectivity index is 2.35. The highest BCUT2D eigenvalue weighted by Crippen LogP contribution is 2.18. The van der Waals surface area contributed by atoms with Crippen LogP contribution in [0.3, 0.4) is 0 Å². The van der Waals surface area contributed by atoms with E-state index in [4.69, 9.17) is 5.11 Å². The number of carboxylic acid groups (broad SMARTS) is 1. The van der Waals surface area contributed by atoms with Gasteiger partial charge in [-0.15, -0.1) is 0 Å². The first kappa shape index (κ1) is 13.6. The zero-order chi connectivity index (χ0) is 14.7. The highest BCUT2D eigenvalue weighted by atomic mass is 19.1. The molecule has 1 amide bonds. The first-order chi connectivity index (χ1) is 9.49. The number of hydrogen-bond acceptors (Lipinski definition) is 3. The van der Waals surface area contributed by atoms with E-state index in [1.165, 1.54) is 12.1 Å². The molecule has 0 saturated heterocycles. The van der Waals surface area contributed by atoms with Crippen LogP contribution in [0.2, 0.25) is 0 Å². The van der Waals surface area contributed by atoms with Crippen molar-refractivity contribution >= 4 is 17.6 Å². The minimum Gasteiger partial charge on any atom is -0.478 e. The van der Waals surface area contributed by atoms with Crippen molar-refractivity contribution in [3.63, 3.8) is 0 Å². The predicted molar refractivity (Wildman–Crippen MR) is 65.5 cm³/mol. The highest BCUT2D eigenvalue weighted by molar-refractivity contribution is 6.07. The molecule has 7 heteroatoms. The number of carboxylic acids is 1. The van der Waals surface area contributed by atoms with Gasteiger partial charge in [-0.2, -0.15) is 4.39 Å². The van der Waals surface area contributed by atoms with Crippen LogP contribution in [-0.4, -0.2) is 22.0 Å². The van der Waals surface area contributed by atoms with E-state index in [2.05, 4.69) is 10.3 Å². The number of carbonyl (C=O) groups excluding carboxylic acids is 1. The lowest BCUT2D eigenvalue weighted by Crippen LogP contribution is -2.17. The molecule has 0 unspecified atom stereocenters. The van der Waals surface area contributed by atoms with Gasteiger partial charge in [0.2, 0.25) is 5.95 Å². The molecule has 0 spiro atoms. The Morgan fingerprint density at radius 1 is 1.15 bits per heavy atom. The molecule has 0 radical (unpaired) electrons. The van der Waals surface area contributed by atoms with Crippen molar-refractivity contribution < 1.29 is 23.5 Å². The molecule has 2 rings (SSSR count). The Bertz CT molecular complexity index is 689. The van der Waals surface area contributed by atoms with Gasteiger partial charge in [-0.25, -0.2) is 14.2 Å². The number of carbonyl (C=O) groups is 2. The number of rotatable bonds is 3. The van der Waals surface area contributed by atoms with E-state index in [0.717, 1.165) is 24.4 Å². The average molecular weight is 278 g/mol. The molecule has 0 aliphatic carbocycles. The van der Waals surface area contributed by atoms with Gasteiger partial charge in [0.15, 0.2) is 0 Å². The standard InChI is InChI=1S/C13H8F2N2O3/c14-7-3-4-8(13(19)20)10(6-7)17-12(18)9-2-1-5-16-11(9)15/h1-6H,(H,17,18)(H,19,20). The summed E-state index contributed by atoms with van der Waals surface area (Å²) in [6.07, 6.45) is 1.16. The maximum Gasteiger partial charge on any atom is 0.337 e. The number of pyridine rings is 1. The number of aromatic nitrogens is 1. The molecule has 0 saturated carbocycles. The lowest BCUT2D eigenvalue weighted by atomic mass is 10.1. The fourth-order valence-electron chi connectivity index (χ4n) is 1.55. The van der Waals surface area contributed by atoms with Crippen LogP contribution in [0.4, 0.5) is 14.5 Å². The van der Waals surface area contributed by atoms with Gasteiger partial charge >= 0.3 is 5.97 Å². The second kappa shape index (κ2) is 5.43. The maximum atomic E-state index is 13.3. The van der Waals surface area contributed by atoms with Gasteiger partial charge in [0.25, 0.3) is 5.91 Å². The Morgan fingerprint density at radius 3 is 2.55 bits per heavy atom. The van der Waals surface area contributed by atoms with Crippen molar-refractivity contribution in [1.29, 1.82) is 0 Å².